The molecule has 0 unspecified atom stereocenters. The molecule has 0 atom stereocenters. The summed E-state index contributed by atoms with van der Waals surface area (Å²) in [6.07, 6.45) is -0.517. The molecule has 0 heterocycles. The van der Waals surface area contributed by atoms with Gasteiger partial charge in [0.25, 0.3) is 0 Å². The van der Waals surface area contributed by atoms with Crippen LogP contribution in [0.5, 0.6) is 17.2 Å². The molecule has 9 nitrogen and oxygen atoms in total. The monoisotopic (exact) mass is 330 g/mol. The zero-order valence-electron chi connectivity index (χ0n) is 13.2. The van der Waals surface area contributed by atoms with E-state index in [2.05, 4.69) is 19.6 Å². The summed E-state index contributed by atoms with van der Waals surface area (Å²) in [7, 11) is 4.17. The predicted molar refractivity (Wildman–Crippen MR) is 75.3 cm³/mol. The summed E-state index contributed by atoms with van der Waals surface area (Å²) in [5, 5.41) is 4.09. The van der Waals surface area contributed by atoms with Crippen molar-refractivity contribution in [2.75, 3.05) is 27.9 Å². The van der Waals surface area contributed by atoms with Crippen molar-refractivity contribution in [2.24, 2.45) is 0 Å². The summed E-state index contributed by atoms with van der Waals surface area (Å²) in [4.78, 5) is 31.4. The molecule has 0 N–H and O–H groups in total. The summed E-state index contributed by atoms with van der Waals surface area (Å²) >= 11 is 0. The fourth-order valence-corrected chi connectivity index (χ4v) is 1.59. The van der Waals surface area contributed by atoms with Crippen LogP contribution in [0, 0.1) is 0 Å². The molecule has 9 heteroatoms. The third-order valence-electron chi connectivity index (χ3n) is 2.56. The van der Waals surface area contributed by atoms with E-state index in [9.17, 15) is 9.59 Å². The van der Waals surface area contributed by atoms with Crippen LogP contribution in [0.3, 0.4) is 0 Å². The number of methoxy groups -OCH3 is 3. The average molecular weight is 330 g/mol. The van der Waals surface area contributed by atoms with Gasteiger partial charge in [-0.15, -0.1) is 0 Å². The van der Waals surface area contributed by atoms with Crippen molar-refractivity contribution in [1.82, 2.24) is 0 Å². The Bertz CT molecular complexity index is 541. The molecule has 1 aromatic carbocycles. The van der Waals surface area contributed by atoms with Gasteiger partial charge in [-0.05, 0) is 18.6 Å². The Morgan fingerprint density at radius 1 is 0.957 bits per heavy atom. The lowest BCUT2D eigenvalue weighted by molar-refractivity contribution is -0.452. The second kappa shape index (κ2) is 9.36. The van der Waals surface area contributed by atoms with Crippen LogP contribution >= 0.6 is 0 Å². The summed E-state index contributed by atoms with van der Waals surface area (Å²) in [6, 6.07) is 2.86. The number of hydrogen-bond acceptors (Lipinski definition) is 9. The second-order valence-electron chi connectivity index (χ2n) is 4.00. The minimum Gasteiger partial charge on any atom is -0.493 e. The molecule has 0 saturated heterocycles. The van der Waals surface area contributed by atoms with E-state index in [0.29, 0.717) is 12.2 Å². The van der Waals surface area contributed by atoms with Gasteiger partial charge in [0.05, 0.1) is 33.0 Å². The molecule has 0 radical (unpaired) electrons. The number of hydrogen-bond donors (Lipinski definition) is 0. The van der Waals surface area contributed by atoms with E-state index in [-0.39, 0.29) is 23.7 Å². The van der Waals surface area contributed by atoms with Gasteiger partial charge in [0.15, 0.2) is 11.5 Å². The SMILES string of the molecule is CCCOC(=O)OOOC(=O)c1ccc(OC)c(OC)c1OC. The lowest BCUT2D eigenvalue weighted by Gasteiger charge is -2.14. The van der Waals surface area contributed by atoms with Crippen molar-refractivity contribution in [3.63, 3.8) is 0 Å². The number of rotatable bonds is 8. The van der Waals surface area contributed by atoms with E-state index in [1.165, 1.54) is 33.5 Å². The predicted octanol–water partition coefficient (Wildman–Crippen LogP) is 2.28. The van der Waals surface area contributed by atoms with Gasteiger partial charge in [-0.25, -0.2) is 14.5 Å². The van der Waals surface area contributed by atoms with Gasteiger partial charge in [-0.3, -0.25) is 4.89 Å². The summed E-state index contributed by atoms with van der Waals surface area (Å²) in [5.41, 5.74) is -0.0179. The van der Waals surface area contributed by atoms with E-state index in [1.807, 2.05) is 0 Å². The maximum absolute atomic E-state index is 11.9. The van der Waals surface area contributed by atoms with Gasteiger partial charge in [-0.2, -0.15) is 0 Å². The molecular weight excluding hydrogens is 312 g/mol. The normalized spacial score (nSPS) is 9.74. The van der Waals surface area contributed by atoms with Crippen molar-refractivity contribution >= 4 is 12.1 Å². The Balaban J connectivity index is 2.74. The first-order chi connectivity index (χ1) is 11.1. The quantitative estimate of drug-likeness (QED) is 0.404. The largest absolute Gasteiger partial charge is 0.543 e. The van der Waals surface area contributed by atoms with Crippen LogP contribution in [-0.4, -0.2) is 40.1 Å². The summed E-state index contributed by atoms with van der Waals surface area (Å²) in [6.45, 7) is 1.96. The van der Waals surface area contributed by atoms with Crippen LogP contribution < -0.4 is 14.2 Å². The number of carbonyl (C=O) groups excluding carboxylic acids is 2. The standard InChI is InChI=1S/C14H18O9/c1-5-8-20-14(16)22-23-21-13(15)9-6-7-10(17-2)12(19-4)11(9)18-3/h6-7H,5,8H2,1-4H3. The zero-order valence-corrected chi connectivity index (χ0v) is 13.2. The van der Waals surface area contributed by atoms with Crippen LogP contribution in [0.15, 0.2) is 12.1 Å². The van der Waals surface area contributed by atoms with Crippen molar-refractivity contribution in [1.29, 1.82) is 0 Å². The van der Waals surface area contributed by atoms with Gasteiger partial charge in [-0.1, -0.05) is 6.92 Å². The molecule has 0 aromatic heterocycles. The maximum Gasteiger partial charge on any atom is 0.543 e. The minimum atomic E-state index is -1.13. The molecule has 0 fully saturated rings. The number of benzene rings is 1. The van der Waals surface area contributed by atoms with Crippen molar-refractivity contribution in [3.05, 3.63) is 17.7 Å². The molecular formula is C14H18O9. The van der Waals surface area contributed by atoms with Gasteiger partial charge >= 0.3 is 12.1 Å². The molecule has 0 saturated carbocycles. The highest BCUT2D eigenvalue weighted by Crippen LogP contribution is 2.39. The highest BCUT2D eigenvalue weighted by Gasteiger charge is 2.23. The summed E-state index contributed by atoms with van der Waals surface area (Å²) in [5.74, 6) is -0.325. The van der Waals surface area contributed by atoms with Crippen LogP contribution in [-0.2, 0) is 19.6 Å². The Morgan fingerprint density at radius 2 is 1.65 bits per heavy atom. The average Bonchev–Trinajstić information content (AvgIpc) is 2.57. The Hall–Kier alpha value is -2.68. The van der Waals surface area contributed by atoms with Gasteiger partial charge in [0.1, 0.15) is 5.56 Å². The molecule has 0 spiro atoms. The number of carbonyl (C=O) groups is 2. The van der Waals surface area contributed by atoms with E-state index in [4.69, 9.17) is 14.2 Å². The van der Waals surface area contributed by atoms with Crippen molar-refractivity contribution < 1.29 is 43.3 Å². The van der Waals surface area contributed by atoms with Crippen molar-refractivity contribution in [3.8, 4) is 17.2 Å². The van der Waals surface area contributed by atoms with Crippen LogP contribution in [0.1, 0.15) is 23.7 Å². The number of ether oxygens (including phenoxy) is 4. The lowest BCUT2D eigenvalue weighted by Crippen LogP contribution is -2.13. The Morgan fingerprint density at radius 3 is 2.22 bits per heavy atom. The fraction of sp³-hybridized carbons (Fsp3) is 0.429. The Labute approximate surface area is 132 Å². The van der Waals surface area contributed by atoms with Gasteiger partial charge in [0.2, 0.25) is 5.75 Å². The first-order valence-corrected chi connectivity index (χ1v) is 6.60. The molecule has 0 amide bonds. The molecule has 0 bridgehead atoms. The molecule has 1 aromatic rings. The Kier molecular flexibility index (Phi) is 7.48. The second-order valence-corrected chi connectivity index (χ2v) is 4.00. The van der Waals surface area contributed by atoms with Crippen LogP contribution in [0.25, 0.3) is 0 Å². The molecule has 1 rings (SSSR count). The van der Waals surface area contributed by atoms with Gasteiger partial charge in [0, 0.05) is 0 Å². The van der Waals surface area contributed by atoms with Crippen LogP contribution in [0.4, 0.5) is 4.79 Å². The van der Waals surface area contributed by atoms with Gasteiger partial charge < -0.3 is 18.9 Å². The highest BCUT2D eigenvalue weighted by atomic mass is 17.5. The third kappa shape index (κ3) is 4.92. The van der Waals surface area contributed by atoms with E-state index < -0.39 is 12.1 Å². The first-order valence-electron chi connectivity index (χ1n) is 6.60. The minimum absolute atomic E-state index is 0.0179. The van der Waals surface area contributed by atoms with E-state index >= 15 is 0 Å². The topological polar surface area (TPSA) is 98.8 Å². The molecule has 0 aliphatic heterocycles. The highest BCUT2D eigenvalue weighted by molar-refractivity contribution is 5.93. The maximum atomic E-state index is 11.9. The van der Waals surface area contributed by atoms with E-state index in [1.54, 1.807) is 6.92 Å². The zero-order chi connectivity index (χ0) is 17.2. The van der Waals surface area contributed by atoms with Crippen LogP contribution in [0.2, 0.25) is 0 Å². The first kappa shape index (κ1) is 18.4. The smallest absolute Gasteiger partial charge is 0.493 e. The lowest BCUT2D eigenvalue weighted by atomic mass is 10.1. The third-order valence-corrected chi connectivity index (χ3v) is 2.56. The molecule has 0 aliphatic rings. The van der Waals surface area contributed by atoms with E-state index in [0.717, 1.165) is 0 Å². The summed E-state index contributed by atoms with van der Waals surface area (Å²) < 4.78 is 19.9. The van der Waals surface area contributed by atoms with Crippen molar-refractivity contribution in [2.45, 2.75) is 13.3 Å². The molecule has 23 heavy (non-hydrogen) atoms. The molecule has 0 aliphatic carbocycles. The fourth-order valence-electron chi connectivity index (χ4n) is 1.59. The molecule has 128 valence electrons.